The van der Waals surface area contributed by atoms with Crippen LogP contribution < -0.4 is 5.73 Å². The van der Waals surface area contributed by atoms with Gasteiger partial charge in [-0.15, -0.1) is 0 Å². The van der Waals surface area contributed by atoms with Gasteiger partial charge in [-0.1, -0.05) is 23.4 Å². The Labute approximate surface area is 124 Å². The highest BCUT2D eigenvalue weighted by atomic mass is 35.5. The molecule has 5 nitrogen and oxygen atoms in total. The molecule has 2 aromatic rings. The van der Waals surface area contributed by atoms with E-state index in [4.69, 9.17) is 22.7 Å². The van der Waals surface area contributed by atoms with Crippen molar-refractivity contribution in [2.45, 2.75) is 9.79 Å². The molecule has 0 fully saturated rings. The molecule has 0 heterocycles. The summed E-state index contributed by atoms with van der Waals surface area (Å²) in [6.45, 7) is 0. The quantitative estimate of drug-likeness (QED) is 0.390. The van der Waals surface area contributed by atoms with E-state index in [1.807, 2.05) is 0 Å². The summed E-state index contributed by atoms with van der Waals surface area (Å²) in [7, 11) is 0. The molecular formula is C13H10ClN3O2S. The lowest BCUT2D eigenvalue weighted by atomic mass is 10.2. The molecule has 0 aliphatic heterocycles. The van der Waals surface area contributed by atoms with Gasteiger partial charge in [0.1, 0.15) is 5.84 Å². The molecule has 0 spiro atoms. The summed E-state index contributed by atoms with van der Waals surface area (Å²) in [5.74, 6) is -0.0816. The Morgan fingerprint density at radius 2 is 1.80 bits per heavy atom. The molecule has 2 rings (SSSR count). The molecule has 0 aliphatic carbocycles. The highest BCUT2D eigenvalue weighted by molar-refractivity contribution is 7.99. The number of nitrogens with one attached hydrogen (secondary N) is 1. The van der Waals surface area contributed by atoms with E-state index in [0.29, 0.717) is 10.6 Å². The lowest BCUT2D eigenvalue weighted by Crippen LogP contribution is -2.11. The van der Waals surface area contributed by atoms with Gasteiger partial charge in [0, 0.05) is 27.5 Å². The van der Waals surface area contributed by atoms with E-state index in [1.54, 1.807) is 30.3 Å². The van der Waals surface area contributed by atoms with Crippen molar-refractivity contribution >= 4 is 34.9 Å². The normalized spacial score (nSPS) is 10.2. The number of nitro groups is 1. The Morgan fingerprint density at radius 1 is 1.20 bits per heavy atom. The minimum atomic E-state index is -0.438. The first-order valence-electron chi connectivity index (χ1n) is 5.53. The van der Waals surface area contributed by atoms with E-state index in [9.17, 15) is 10.1 Å². The van der Waals surface area contributed by atoms with E-state index in [-0.39, 0.29) is 11.5 Å². The zero-order valence-electron chi connectivity index (χ0n) is 10.2. The van der Waals surface area contributed by atoms with E-state index < -0.39 is 4.92 Å². The van der Waals surface area contributed by atoms with Crippen LogP contribution in [0, 0.1) is 15.5 Å². The first kappa shape index (κ1) is 14.4. The third-order valence-electron chi connectivity index (χ3n) is 2.51. The SMILES string of the molecule is N=C(N)c1ccc(Sc2ccc([N+](=O)[O-])cc2)cc1Cl. The van der Waals surface area contributed by atoms with Crippen molar-refractivity contribution in [1.29, 1.82) is 5.41 Å². The number of benzene rings is 2. The Balaban J connectivity index is 2.19. The first-order chi connectivity index (χ1) is 9.47. The van der Waals surface area contributed by atoms with Crippen LogP contribution in [0.25, 0.3) is 0 Å². The van der Waals surface area contributed by atoms with Crippen molar-refractivity contribution < 1.29 is 4.92 Å². The monoisotopic (exact) mass is 307 g/mol. The Bertz CT molecular complexity index is 674. The van der Waals surface area contributed by atoms with Gasteiger partial charge in [0.2, 0.25) is 0 Å². The largest absolute Gasteiger partial charge is 0.384 e. The van der Waals surface area contributed by atoms with Gasteiger partial charge in [0.25, 0.3) is 5.69 Å². The van der Waals surface area contributed by atoms with Crippen LogP contribution in [0.1, 0.15) is 5.56 Å². The Hall–Kier alpha value is -2.05. The number of nitro benzene ring substituents is 1. The van der Waals surface area contributed by atoms with Crippen molar-refractivity contribution in [1.82, 2.24) is 0 Å². The summed E-state index contributed by atoms with van der Waals surface area (Å²) in [4.78, 5) is 11.9. The van der Waals surface area contributed by atoms with Gasteiger partial charge in [-0.05, 0) is 30.3 Å². The third-order valence-corrected chi connectivity index (χ3v) is 3.82. The molecule has 0 saturated heterocycles. The second-order valence-corrected chi connectivity index (χ2v) is 5.46. The number of non-ortho nitro benzene ring substituents is 1. The van der Waals surface area contributed by atoms with E-state index in [1.165, 1.54) is 23.9 Å². The van der Waals surface area contributed by atoms with Crippen LogP contribution in [0.5, 0.6) is 0 Å². The topological polar surface area (TPSA) is 93.0 Å². The molecule has 0 aliphatic rings. The number of hydrogen-bond donors (Lipinski definition) is 2. The number of amidine groups is 1. The summed E-state index contributed by atoms with van der Waals surface area (Å²) >= 11 is 7.46. The van der Waals surface area contributed by atoms with Crippen molar-refractivity contribution in [3.63, 3.8) is 0 Å². The summed E-state index contributed by atoms with van der Waals surface area (Å²) in [5, 5.41) is 18.3. The smallest absolute Gasteiger partial charge is 0.269 e. The van der Waals surface area contributed by atoms with Crippen molar-refractivity contribution in [2.24, 2.45) is 5.73 Å². The summed E-state index contributed by atoms with van der Waals surface area (Å²) < 4.78 is 0. The van der Waals surface area contributed by atoms with Gasteiger partial charge in [0.05, 0.1) is 9.95 Å². The predicted molar refractivity (Wildman–Crippen MR) is 79.7 cm³/mol. The Kier molecular flexibility index (Phi) is 4.26. The fourth-order valence-corrected chi connectivity index (χ4v) is 2.75. The van der Waals surface area contributed by atoms with Crippen LogP contribution in [0.15, 0.2) is 52.3 Å². The van der Waals surface area contributed by atoms with Crippen LogP contribution in [0.3, 0.4) is 0 Å². The second-order valence-electron chi connectivity index (χ2n) is 3.91. The van der Waals surface area contributed by atoms with E-state index in [2.05, 4.69) is 0 Å². The van der Waals surface area contributed by atoms with Crippen LogP contribution in [0.2, 0.25) is 5.02 Å². The van der Waals surface area contributed by atoms with Gasteiger partial charge < -0.3 is 5.73 Å². The zero-order valence-corrected chi connectivity index (χ0v) is 11.7. The van der Waals surface area contributed by atoms with E-state index >= 15 is 0 Å². The number of nitrogens with zero attached hydrogens (tertiary/aromatic N) is 1. The van der Waals surface area contributed by atoms with Crippen LogP contribution >= 0.6 is 23.4 Å². The maximum Gasteiger partial charge on any atom is 0.269 e. The van der Waals surface area contributed by atoms with Gasteiger partial charge >= 0.3 is 0 Å². The van der Waals surface area contributed by atoms with Gasteiger partial charge in [0.15, 0.2) is 0 Å². The predicted octanol–water partition coefficient (Wildman–Crippen LogP) is 3.68. The van der Waals surface area contributed by atoms with Gasteiger partial charge in [-0.2, -0.15) is 0 Å². The molecule has 102 valence electrons. The summed E-state index contributed by atoms with van der Waals surface area (Å²) in [5.41, 5.74) is 5.93. The van der Waals surface area contributed by atoms with Crippen molar-refractivity contribution in [3.8, 4) is 0 Å². The van der Waals surface area contributed by atoms with Crippen LogP contribution in [-0.4, -0.2) is 10.8 Å². The molecule has 0 saturated carbocycles. The molecule has 2 aromatic carbocycles. The minimum Gasteiger partial charge on any atom is -0.384 e. The van der Waals surface area contributed by atoms with Crippen LogP contribution in [0.4, 0.5) is 5.69 Å². The average Bonchev–Trinajstić information content (AvgIpc) is 2.39. The molecule has 0 unspecified atom stereocenters. The summed E-state index contributed by atoms with van der Waals surface area (Å²) in [6, 6.07) is 11.4. The van der Waals surface area contributed by atoms with Crippen molar-refractivity contribution in [2.75, 3.05) is 0 Å². The molecular weight excluding hydrogens is 298 g/mol. The highest BCUT2D eigenvalue weighted by Gasteiger charge is 2.07. The molecule has 3 N–H and O–H groups in total. The lowest BCUT2D eigenvalue weighted by Gasteiger charge is -2.05. The number of nitrogens with two attached hydrogens (primary N) is 1. The summed E-state index contributed by atoms with van der Waals surface area (Å²) in [6.07, 6.45) is 0. The maximum absolute atomic E-state index is 10.6. The van der Waals surface area contributed by atoms with Crippen LogP contribution in [-0.2, 0) is 0 Å². The second kappa shape index (κ2) is 5.94. The highest BCUT2D eigenvalue weighted by Crippen LogP contribution is 2.31. The first-order valence-corrected chi connectivity index (χ1v) is 6.73. The lowest BCUT2D eigenvalue weighted by molar-refractivity contribution is -0.384. The maximum atomic E-state index is 10.6. The fraction of sp³-hybridized carbons (Fsp3) is 0. The fourth-order valence-electron chi connectivity index (χ4n) is 1.55. The molecule has 20 heavy (non-hydrogen) atoms. The average molecular weight is 308 g/mol. The van der Waals surface area contributed by atoms with E-state index in [0.717, 1.165) is 9.79 Å². The molecule has 0 atom stereocenters. The zero-order chi connectivity index (χ0) is 14.7. The minimum absolute atomic E-state index is 0.0549. The molecule has 0 bridgehead atoms. The molecule has 7 heteroatoms. The number of halogens is 1. The standard InChI is InChI=1S/C13H10ClN3O2S/c14-12-7-10(5-6-11(12)13(15)16)20-9-3-1-8(2-4-9)17(18)19/h1-7H,(H3,15,16). The molecule has 0 amide bonds. The molecule has 0 radical (unpaired) electrons. The number of rotatable bonds is 4. The molecule has 0 aromatic heterocycles. The van der Waals surface area contributed by atoms with Crippen molar-refractivity contribution in [3.05, 3.63) is 63.2 Å². The number of hydrogen-bond acceptors (Lipinski definition) is 4. The van der Waals surface area contributed by atoms with Gasteiger partial charge in [-0.25, -0.2) is 0 Å². The number of nitrogen functional groups attached to an aromatic ring is 1. The van der Waals surface area contributed by atoms with Gasteiger partial charge in [-0.3, -0.25) is 15.5 Å². The Morgan fingerprint density at radius 3 is 2.30 bits per heavy atom. The third kappa shape index (κ3) is 3.28.